The van der Waals surface area contributed by atoms with Crippen molar-refractivity contribution in [3.05, 3.63) is 24.0 Å². The number of rotatable bonds is 9. The van der Waals surface area contributed by atoms with E-state index in [4.69, 9.17) is 0 Å². The van der Waals surface area contributed by atoms with Crippen molar-refractivity contribution in [2.45, 2.75) is 46.0 Å². The number of anilines is 1. The fourth-order valence-corrected chi connectivity index (χ4v) is 1.71. The number of pyridine rings is 1. The van der Waals surface area contributed by atoms with Crippen molar-refractivity contribution in [3.63, 3.8) is 0 Å². The van der Waals surface area contributed by atoms with Gasteiger partial charge in [0.15, 0.2) is 0 Å². The highest BCUT2D eigenvalue weighted by molar-refractivity contribution is 5.92. The molecule has 0 aliphatic rings. The number of hydrogen-bond donors (Lipinski definition) is 2. The summed E-state index contributed by atoms with van der Waals surface area (Å²) in [5.74, 6) is -0.0868. The second-order valence-corrected chi connectivity index (χ2v) is 4.68. The zero-order chi connectivity index (χ0) is 13.9. The van der Waals surface area contributed by atoms with E-state index in [0.29, 0.717) is 5.69 Å². The van der Waals surface area contributed by atoms with Gasteiger partial charge in [0.25, 0.3) is 5.91 Å². The maximum Gasteiger partial charge on any atom is 0.269 e. The highest BCUT2D eigenvalue weighted by Gasteiger charge is 2.05. The van der Waals surface area contributed by atoms with Gasteiger partial charge in [-0.3, -0.25) is 4.79 Å². The fourth-order valence-electron chi connectivity index (χ4n) is 1.71. The molecule has 19 heavy (non-hydrogen) atoms. The normalized spacial score (nSPS) is 10.2. The predicted molar refractivity (Wildman–Crippen MR) is 79.5 cm³/mol. The van der Waals surface area contributed by atoms with Crippen LogP contribution < -0.4 is 10.6 Å². The molecule has 2 N–H and O–H groups in total. The van der Waals surface area contributed by atoms with Crippen LogP contribution in [-0.4, -0.2) is 24.0 Å². The zero-order valence-corrected chi connectivity index (χ0v) is 12.0. The van der Waals surface area contributed by atoms with Gasteiger partial charge in [0.05, 0.1) is 11.9 Å². The van der Waals surface area contributed by atoms with Crippen LogP contribution in [0.2, 0.25) is 0 Å². The molecule has 1 aromatic rings. The molecule has 0 aromatic carbocycles. The van der Waals surface area contributed by atoms with E-state index in [9.17, 15) is 4.79 Å². The van der Waals surface area contributed by atoms with Crippen LogP contribution in [0.3, 0.4) is 0 Å². The Morgan fingerprint density at radius 1 is 1.11 bits per heavy atom. The third kappa shape index (κ3) is 6.22. The van der Waals surface area contributed by atoms with Crippen molar-refractivity contribution in [2.75, 3.05) is 18.4 Å². The minimum Gasteiger partial charge on any atom is -0.384 e. The van der Waals surface area contributed by atoms with E-state index in [1.807, 2.05) is 6.07 Å². The first-order valence-corrected chi connectivity index (χ1v) is 7.26. The van der Waals surface area contributed by atoms with Crippen molar-refractivity contribution in [2.24, 2.45) is 0 Å². The lowest BCUT2D eigenvalue weighted by atomic mass is 10.2. The largest absolute Gasteiger partial charge is 0.384 e. The van der Waals surface area contributed by atoms with E-state index in [0.717, 1.165) is 44.5 Å². The van der Waals surface area contributed by atoms with Crippen LogP contribution in [0.4, 0.5) is 5.69 Å². The standard InChI is InChI=1S/C15H25N3O/c1-3-5-7-11-17-15(19)14-9-8-13(12-18-14)16-10-6-4-2/h8-9,12,16H,3-7,10-11H2,1-2H3,(H,17,19). The van der Waals surface area contributed by atoms with E-state index < -0.39 is 0 Å². The Labute approximate surface area is 116 Å². The number of carbonyl (C=O) groups is 1. The lowest BCUT2D eigenvalue weighted by molar-refractivity contribution is 0.0948. The van der Waals surface area contributed by atoms with E-state index in [1.54, 1.807) is 12.3 Å². The van der Waals surface area contributed by atoms with Crippen molar-refractivity contribution < 1.29 is 4.79 Å². The zero-order valence-electron chi connectivity index (χ0n) is 12.0. The molecule has 0 saturated carbocycles. The van der Waals surface area contributed by atoms with E-state index in [-0.39, 0.29) is 5.91 Å². The first-order chi connectivity index (χ1) is 9.27. The molecular weight excluding hydrogens is 238 g/mol. The van der Waals surface area contributed by atoms with Gasteiger partial charge in [0.2, 0.25) is 0 Å². The van der Waals surface area contributed by atoms with Crippen LogP contribution in [0, 0.1) is 0 Å². The summed E-state index contributed by atoms with van der Waals surface area (Å²) in [5, 5.41) is 6.16. The molecule has 4 heteroatoms. The molecule has 0 saturated heterocycles. The summed E-state index contributed by atoms with van der Waals surface area (Å²) in [5.41, 5.74) is 1.45. The van der Waals surface area contributed by atoms with Crippen LogP contribution in [0.5, 0.6) is 0 Å². The molecule has 0 fully saturated rings. The fraction of sp³-hybridized carbons (Fsp3) is 0.600. The minimum absolute atomic E-state index is 0.0868. The number of nitrogens with zero attached hydrogens (tertiary/aromatic N) is 1. The van der Waals surface area contributed by atoms with E-state index in [1.165, 1.54) is 6.42 Å². The Balaban J connectivity index is 2.35. The lowest BCUT2D eigenvalue weighted by Crippen LogP contribution is -2.25. The summed E-state index contributed by atoms with van der Waals surface area (Å²) in [6.07, 6.45) is 7.36. The Morgan fingerprint density at radius 3 is 2.53 bits per heavy atom. The quantitative estimate of drug-likeness (QED) is 0.673. The number of unbranched alkanes of at least 4 members (excludes halogenated alkanes) is 3. The Morgan fingerprint density at radius 2 is 1.89 bits per heavy atom. The maximum atomic E-state index is 11.8. The van der Waals surface area contributed by atoms with E-state index >= 15 is 0 Å². The second kappa shape index (κ2) is 9.36. The summed E-state index contributed by atoms with van der Waals surface area (Å²) >= 11 is 0. The van der Waals surface area contributed by atoms with Gasteiger partial charge in [-0.2, -0.15) is 0 Å². The molecule has 1 amide bonds. The van der Waals surface area contributed by atoms with Crippen molar-refractivity contribution >= 4 is 11.6 Å². The molecule has 4 nitrogen and oxygen atoms in total. The lowest BCUT2D eigenvalue weighted by Gasteiger charge is -2.07. The summed E-state index contributed by atoms with van der Waals surface area (Å²) in [7, 11) is 0. The Kier molecular flexibility index (Phi) is 7.63. The summed E-state index contributed by atoms with van der Waals surface area (Å²) < 4.78 is 0. The molecule has 0 radical (unpaired) electrons. The van der Waals surface area contributed by atoms with Crippen molar-refractivity contribution in [1.29, 1.82) is 0 Å². The molecule has 106 valence electrons. The number of aromatic nitrogens is 1. The van der Waals surface area contributed by atoms with E-state index in [2.05, 4.69) is 29.5 Å². The van der Waals surface area contributed by atoms with Crippen molar-refractivity contribution in [1.82, 2.24) is 10.3 Å². The van der Waals surface area contributed by atoms with Crippen LogP contribution in [-0.2, 0) is 0 Å². The summed E-state index contributed by atoms with van der Waals surface area (Å²) in [6.45, 7) is 5.98. The highest BCUT2D eigenvalue weighted by atomic mass is 16.1. The molecule has 0 aliphatic carbocycles. The number of carbonyl (C=O) groups excluding carboxylic acids is 1. The number of hydrogen-bond acceptors (Lipinski definition) is 3. The van der Waals surface area contributed by atoms with Gasteiger partial charge in [-0.05, 0) is 25.0 Å². The maximum absolute atomic E-state index is 11.8. The Bertz CT molecular complexity index is 362. The highest BCUT2D eigenvalue weighted by Crippen LogP contribution is 2.06. The van der Waals surface area contributed by atoms with Crippen LogP contribution >= 0.6 is 0 Å². The van der Waals surface area contributed by atoms with Gasteiger partial charge < -0.3 is 10.6 Å². The van der Waals surface area contributed by atoms with Gasteiger partial charge in [-0.15, -0.1) is 0 Å². The smallest absolute Gasteiger partial charge is 0.269 e. The summed E-state index contributed by atoms with van der Waals surface area (Å²) in [6, 6.07) is 3.67. The van der Waals surface area contributed by atoms with Gasteiger partial charge in [-0.1, -0.05) is 33.1 Å². The van der Waals surface area contributed by atoms with Crippen LogP contribution in [0.25, 0.3) is 0 Å². The first-order valence-electron chi connectivity index (χ1n) is 7.26. The molecule has 0 unspecified atom stereocenters. The van der Waals surface area contributed by atoms with Gasteiger partial charge in [0, 0.05) is 13.1 Å². The van der Waals surface area contributed by atoms with Crippen LogP contribution in [0.1, 0.15) is 56.4 Å². The molecular formula is C15H25N3O. The second-order valence-electron chi connectivity index (χ2n) is 4.68. The molecule has 0 atom stereocenters. The Hall–Kier alpha value is -1.58. The third-order valence-corrected chi connectivity index (χ3v) is 2.92. The molecule has 1 rings (SSSR count). The number of nitrogens with one attached hydrogen (secondary N) is 2. The average Bonchev–Trinajstić information content (AvgIpc) is 2.44. The molecule has 1 heterocycles. The minimum atomic E-state index is -0.0868. The monoisotopic (exact) mass is 263 g/mol. The van der Waals surface area contributed by atoms with Gasteiger partial charge >= 0.3 is 0 Å². The number of amides is 1. The van der Waals surface area contributed by atoms with Gasteiger partial charge in [0.1, 0.15) is 5.69 Å². The molecule has 1 aromatic heterocycles. The van der Waals surface area contributed by atoms with Crippen molar-refractivity contribution in [3.8, 4) is 0 Å². The third-order valence-electron chi connectivity index (χ3n) is 2.92. The molecule has 0 bridgehead atoms. The molecule has 0 aliphatic heterocycles. The first kappa shape index (κ1) is 15.5. The average molecular weight is 263 g/mol. The van der Waals surface area contributed by atoms with Gasteiger partial charge in [-0.25, -0.2) is 4.98 Å². The SMILES string of the molecule is CCCCCNC(=O)c1ccc(NCCCC)cn1. The van der Waals surface area contributed by atoms with Crippen LogP contribution in [0.15, 0.2) is 18.3 Å². The predicted octanol–water partition coefficient (Wildman–Crippen LogP) is 3.21. The summed E-state index contributed by atoms with van der Waals surface area (Å²) in [4.78, 5) is 16.0. The molecule has 0 spiro atoms. The topological polar surface area (TPSA) is 54.0 Å².